The molecule has 180 valence electrons. The molecule has 0 radical (unpaired) electrons. The zero-order chi connectivity index (χ0) is 24.0. The molecule has 0 saturated heterocycles. The number of hydrogen-bond acceptors (Lipinski definition) is 7. The van der Waals surface area contributed by atoms with Crippen molar-refractivity contribution in [2.24, 2.45) is 0 Å². The highest BCUT2D eigenvalue weighted by atomic mass is 35.5. The largest absolute Gasteiger partial charge is 0.497 e. The highest BCUT2D eigenvalue weighted by Gasteiger charge is 2.46. The molecule has 0 spiro atoms. The summed E-state index contributed by atoms with van der Waals surface area (Å²) in [6.07, 6.45) is 0.858. The van der Waals surface area contributed by atoms with Crippen LogP contribution in [0.2, 0.25) is 5.02 Å². The maximum absolute atomic E-state index is 13.0. The summed E-state index contributed by atoms with van der Waals surface area (Å²) in [6, 6.07) is 11.6. The summed E-state index contributed by atoms with van der Waals surface area (Å²) in [5, 5.41) is 4.06. The Balaban J connectivity index is 1.81. The first kappa shape index (κ1) is 25.7. The summed E-state index contributed by atoms with van der Waals surface area (Å²) in [6.45, 7) is 8.98. The van der Waals surface area contributed by atoms with E-state index in [1.807, 2.05) is 36.4 Å². The van der Waals surface area contributed by atoms with E-state index in [0.29, 0.717) is 35.8 Å². The zero-order valence-electron chi connectivity index (χ0n) is 19.9. The number of nitrogens with zero attached hydrogens (tertiary/aromatic N) is 1. The van der Waals surface area contributed by atoms with Crippen molar-refractivity contribution < 1.29 is 19.0 Å². The average molecular weight is 493 g/mol. The van der Waals surface area contributed by atoms with Gasteiger partial charge in [-0.1, -0.05) is 23.4 Å². The van der Waals surface area contributed by atoms with Crippen molar-refractivity contribution in [2.45, 2.75) is 43.0 Å². The molecule has 1 aliphatic rings. The lowest BCUT2D eigenvalue weighted by molar-refractivity contribution is -0.118. The third-order valence-corrected chi connectivity index (χ3v) is 7.45. The molecule has 8 heteroatoms. The van der Waals surface area contributed by atoms with Crippen molar-refractivity contribution >= 4 is 34.8 Å². The summed E-state index contributed by atoms with van der Waals surface area (Å²) in [4.78, 5) is 15.3. The number of methoxy groups -OCH3 is 2. The van der Waals surface area contributed by atoms with Gasteiger partial charge in [-0.05, 0) is 63.6 Å². The third kappa shape index (κ3) is 5.96. The Hall–Kier alpha value is -1.93. The van der Waals surface area contributed by atoms with Crippen LogP contribution >= 0.6 is 23.4 Å². The van der Waals surface area contributed by atoms with Crippen molar-refractivity contribution in [2.75, 3.05) is 45.8 Å². The SMILES string of the molecule is COCCN(CCCOc1ccc(OC)cc1C1(C(C)=O)Nc2ccc(Cl)cc2S1)C(C)C. The van der Waals surface area contributed by atoms with Gasteiger partial charge < -0.3 is 19.5 Å². The van der Waals surface area contributed by atoms with Crippen LogP contribution in [-0.2, 0) is 14.4 Å². The van der Waals surface area contributed by atoms with E-state index in [4.69, 9.17) is 25.8 Å². The van der Waals surface area contributed by atoms with E-state index in [0.717, 1.165) is 35.7 Å². The van der Waals surface area contributed by atoms with Crippen molar-refractivity contribution in [3.63, 3.8) is 0 Å². The van der Waals surface area contributed by atoms with E-state index >= 15 is 0 Å². The van der Waals surface area contributed by atoms with E-state index < -0.39 is 4.87 Å². The molecule has 1 N–H and O–H groups in total. The molecule has 33 heavy (non-hydrogen) atoms. The fourth-order valence-corrected chi connectivity index (χ4v) is 5.42. The molecular formula is C25H33ClN2O4S. The van der Waals surface area contributed by atoms with Gasteiger partial charge in [-0.3, -0.25) is 9.69 Å². The van der Waals surface area contributed by atoms with Gasteiger partial charge in [-0.25, -0.2) is 0 Å². The molecule has 0 fully saturated rings. The quantitative estimate of drug-likeness (QED) is 0.396. The normalized spacial score (nSPS) is 17.2. The Morgan fingerprint density at radius 3 is 2.61 bits per heavy atom. The van der Waals surface area contributed by atoms with E-state index in [9.17, 15) is 4.79 Å². The number of carbonyl (C=O) groups is 1. The summed E-state index contributed by atoms with van der Waals surface area (Å²) in [5.74, 6) is 1.31. The molecule has 1 unspecified atom stereocenters. The minimum Gasteiger partial charge on any atom is -0.497 e. The number of anilines is 1. The molecule has 2 aromatic carbocycles. The number of halogens is 1. The smallest absolute Gasteiger partial charge is 0.177 e. The molecule has 1 atom stereocenters. The topological polar surface area (TPSA) is 60.0 Å². The molecule has 0 saturated carbocycles. The Morgan fingerprint density at radius 2 is 1.94 bits per heavy atom. The second-order valence-corrected chi connectivity index (χ2v) is 9.98. The van der Waals surface area contributed by atoms with Crippen LogP contribution in [0.4, 0.5) is 5.69 Å². The Labute approximate surface area is 205 Å². The van der Waals surface area contributed by atoms with Gasteiger partial charge in [-0.2, -0.15) is 0 Å². The van der Waals surface area contributed by atoms with Gasteiger partial charge in [0.25, 0.3) is 0 Å². The summed E-state index contributed by atoms with van der Waals surface area (Å²) < 4.78 is 16.9. The van der Waals surface area contributed by atoms with Crippen LogP contribution < -0.4 is 14.8 Å². The van der Waals surface area contributed by atoms with E-state index in [2.05, 4.69) is 24.1 Å². The van der Waals surface area contributed by atoms with Gasteiger partial charge in [-0.15, -0.1) is 0 Å². The number of nitrogens with one attached hydrogen (secondary N) is 1. The van der Waals surface area contributed by atoms with Crippen molar-refractivity contribution in [1.29, 1.82) is 0 Å². The first-order chi connectivity index (χ1) is 15.8. The van der Waals surface area contributed by atoms with Crippen LogP contribution in [0.3, 0.4) is 0 Å². The van der Waals surface area contributed by atoms with Gasteiger partial charge in [0.1, 0.15) is 11.5 Å². The van der Waals surface area contributed by atoms with Gasteiger partial charge in [0.2, 0.25) is 0 Å². The number of ether oxygens (including phenoxy) is 3. The molecule has 0 aliphatic carbocycles. The number of hydrogen-bond donors (Lipinski definition) is 1. The van der Waals surface area contributed by atoms with Crippen molar-refractivity contribution in [3.05, 3.63) is 47.0 Å². The van der Waals surface area contributed by atoms with Crippen LogP contribution in [0.25, 0.3) is 0 Å². The van der Waals surface area contributed by atoms with Gasteiger partial charge in [0, 0.05) is 47.4 Å². The van der Waals surface area contributed by atoms with Crippen molar-refractivity contribution in [1.82, 2.24) is 4.90 Å². The minimum absolute atomic E-state index is 0.0246. The first-order valence-corrected chi connectivity index (χ1v) is 12.3. The molecule has 0 amide bonds. The second kappa shape index (κ2) is 11.5. The van der Waals surface area contributed by atoms with Crippen LogP contribution in [0.1, 0.15) is 32.8 Å². The Morgan fingerprint density at radius 1 is 1.15 bits per heavy atom. The Kier molecular flexibility index (Phi) is 8.93. The van der Waals surface area contributed by atoms with Gasteiger partial charge in [0.15, 0.2) is 10.7 Å². The molecule has 6 nitrogen and oxygen atoms in total. The number of carbonyl (C=O) groups excluding carboxylic acids is 1. The number of thioether (sulfide) groups is 1. The van der Waals surface area contributed by atoms with Crippen LogP contribution in [0.15, 0.2) is 41.3 Å². The fraction of sp³-hybridized carbons (Fsp3) is 0.480. The number of Topliss-reactive ketones (excluding diaryl/α,β-unsaturated/α-hetero) is 1. The fourth-order valence-electron chi connectivity index (χ4n) is 3.86. The predicted molar refractivity (Wildman–Crippen MR) is 135 cm³/mol. The van der Waals surface area contributed by atoms with Crippen molar-refractivity contribution in [3.8, 4) is 11.5 Å². The lowest BCUT2D eigenvalue weighted by Gasteiger charge is -2.29. The molecular weight excluding hydrogens is 460 g/mol. The number of benzene rings is 2. The monoisotopic (exact) mass is 492 g/mol. The maximum atomic E-state index is 13.0. The van der Waals surface area contributed by atoms with Crippen LogP contribution in [-0.4, -0.2) is 57.2 Å². The summed E-state index contributed by atoms with van der Waals surface area (Å²) in [5.41, 5.74) is 1.62. The highest BCUT2D eigenvalue weighted by molar-refractivity contribution is 8.01. The molecule has 1 aliphatic heterocycles. The Bertz CT molecular complexity index is 971. The number of fused-ring (bicyclic) bond motifs is 1. The third-order valence-electron chi connectivity index (χ3n) is 5.74. The van der Waals surface area contributed by atoms with E-state index in [-0.39, 0.29) is 5.78 Å². The van der Waals surface area contributed by atoms with E-state index in [1.54, 1.807) is 21.1 Å². The first-order valence-electron chi connectivity index (χ1n) is 11.1. The van der Waals surface area contributed by atoms with Crippen LogP contribution in [0, 0.1) is 0 Å². The van der Waals surface area contributed by atoms with Crippen LogP contribution in [0.5, 0.6) is 11.5 Å². The number of ketones is 1. The highest BCUT2D eigenvalue weighted by Crippen LogP contribution is 2.54. The second-order valence-electron chi connectivity index (χ2n) is 8.29. The standard InChI is InChI=1S/C25H33ClN2O4S/c1-17(2)28(12-14-30-4)11-6-13-32-23-10-8-20(31-5)16-21(23)25(18(3)29)27-22-9-7-19(26)15-24(22)33-25/h7-10,15-17,27H,6,11-14H2,1-5H3. The number of rotatable bonds is 12. The van der Waals surface area contributed by atoms with E-state index in [1.165, 1.54) is 11.8 Å². The molecule has 1 heterocycles. The zero-order valence-corrected chi connectivity index (χ0v) is 21.5. The predicted octanol–water partition coefficient (Wildman–Crippen LogP) is 5.43. The summed E-state index contributed by atoms with van der Waals surface area (Å²) in [7, 11) is 3.34. The maximum Gasteiger partial charge on any atom is 0.177 e. The molecule has 0 aromatic heterocycles. The lowest BCUT2D eigenvalue weighted by Crippen LogP contribution is -2.37. The summed E-state index contributed by atoms with van der Waals surface area (Å²) >= 11 is 7.65. The van der Waals surface area contributed by atoms with Gasteiger partial charge >= 0.3 is 0 Å². The molecule has 2 aromatic rings. The lowest BCUT2D eigenvalue weighted by atomic mass is 10.0. The molecule has 0 bridgehead atoms. The van der Waals surface area contributed by atoms with Gasteiger partial charge in [0.05, 0.1) is 20.3 Å². The molecule has 3 rings (SSSR count). The minimum atomic E-state index is -1.01. The average Bonchev–Trinajstić information content (AvgIpc) is 3.18.